The predicted molar refractivity (Wildman–Crippen MR) is 139 cm³/mol. The number of hydrogen-bond acceptors (Lipinski definition) is 5. The zero-order chi connectivity index (χ0) is 25.6. The molecule has 8 heteroatoms. The van der Waals surface area contributed by atoms with Gasteiger partial charge in [0.25, 0.3) is 5.91 Å². The van der Waals surface area contributed by atoms with Crippen molar-refractivity contribution in [2.45, 2.75) is 63.5 Å². The first-order chi connectivity index (χ1) is 17.9. The second-order valence-corrected chi connectivity index (χ2v) is 11.2. The third-order valence-corrected chi connectivity index (χ3v) is 9.12. The Morgan fingerprint density at radius 2 is 1.65 bits per heavy atom. The lowest BCUT2D eigenvalue weighted by atomic mass is 9.76. The van der Waals surface area contributed by atoms with Crippen molar-refractivity contribution < 1.29 is 19.1 Å². The molecule has 1 aromatic heterocycles. The number of hydrogen-bond donors (Lipinski definition) is 1. The van der Waals surface area contributed by atoms with Gasteiger partial charge in [0.1, 0.15) is 11.5 Å². The summed E-state index contributed by atoms with van der Waals surface area (Å²) in [4.78, 5) is 36.2. The molecule has 1 aliphatic carbocycles. The number of rotatable bonds is 4. The second kappa shape index (κ2) is 9.71. The van der Waals surface area contributed by atoms with Gasteiger partial charge >= 0.3 is 0 Å². The first kappa shape index (κ1) is 24.3. The fourth-order valence-corrected chi connectivity index (χ4v) is 6.51. The van der Waals surface area contributed by atoms with Gasteiger partial charge in [0.05, 0.1) is 17.2 Å². The van der Waals surface area contributed by atoms with Gasteiger partial charge in [-0.15, -0.1) is 0 Å². The minimum atomic E-state index is -0.330. The minimum absolute atomic E-state index is 0.0408. The van der Waals surface area contributed by atoms with Gasteiger partial charge in [0.2, 0.25) is 5.91 Å². The lowest BCUT2D eigenvalue weighted by Crippen LogP contribution is -2.47. The molecule has 1 saturated carbocycles. The number of aliphatic hydroxyl groups is 1. The molecular weight excluding hydrogens is 471 g/mol. The van der Waals surface area contributed by atoms with E-state index in [-0.39, 0.29) is 35.2 Å². The summed E-state index contributed by atoms with van der Waals surface area (Å²) < 4.78 is 15.0. The van der Waals surface area contributed by atoms with Gasteiger partial charge in [-0.3, -0.25) is 14.6 Å². The Kier molecular flexibility index (Phi) is 6.39. The lowest BCUT2D eigenvalue weighted by molar-refractivity contribution is -0.139. The standard InChI is InChI=1S/C29H35FN4O3/c30-24-8-2-20(21-3-9-25(31-19-21)27(36)33-13-1-14-33)18-26(24)32-15-10-29(11-16-32)12-17-34(28(29)37)22-4-6-23(35)7-5-22/h2-3,8-9,18-19,22-23,35H,1,4-7,10-17H2/t22-,23+. The molecule has 37 heavy (non-hydrogen) atoms. The second-order valence-electron chi connectivity index (χ2n) is 11.2. The lowest BCUT2D eigenvalue weighted by Gasteiger charge is -2.40. The summed E-state index contributed by atoms with van der Waals surface area (Å²) in [5.41, 5.74) is 2.36. The van der Waals surface area contributed by atoms with Crippen LogP contribution in [0.25, 0.3) is 11.1 Å². The summed E-state index contributed by atoms with van der Waals surface area (Å²) in [6.07, 6.45) is 8.16. The van der Waals surface area contributed by atoms with Gasteiger partial charge in [0.15, 0.2) is 0 Å². The van der Waals surface area contributed by atoms with Crippen LogP contribution in [0, 0.1) is 11.2 Å². The van der Waals surface area contributed by atoms with Crippen LogP contribution in [0.4, 0.5) is 10.1 Å². The molecule has 0 atom stereocenters. The van der Waals surface area contributed by atoms with Crippen molar-refractivity contribution in [1.82, 2.24) is 14.8 Å². The average molecular weight is 507 g/mol. The number of aromatic nitrogens is 1. The summed E-state index contributed by atoms with van der Waals surface area (Å²) in [6, 6.07) is 8.97. The van der Waals surface area contributed by atoms with Crippen LogP contribution in [0.5, 0.6) is 0 Å². The molecule has 7 nitrogen and oxygen atoms in total. The van der Waals surface area contributed by atoms with Gasteiger partial charge < -0.3 is 19.8 Å². The molecule has 0 radical (unpaired) electrons. The number of anilines is 1. The summed E-state index contributed by atoms with van der Waals surface area (Å²) in [5, 5.41) is 9.84. The van der Waals surface area contributed by atoms with Crippen LogP contribution in [0.2, 0.25) is 0 Å². The van der Waals surface area contributed by atoms with Crippen molar-refractivity contribution in [3.8, 4) is 11.1 Å². The number of aliphatic hydroxyl groups excluding tert-OH is 1. The Morgan fingerprint density at radius 3 is 2.30 bits per heavy atom. The number of carbonyl (C=O) groups is 2. The number of amides is 2. The summed E-state index contributed by atoms with van der Waals surface area (Å²) in [5.74, 6) is -0.0416. The Morgan fingerprint density at radius 1 is 0.946 bits per heavy atom. The third-order valence-electron chi connectivity index (χ3n) is 9.12. The molecular formula is C29H35FN4O3. The van der Waals surface area contributed by atoms with Crippen molar-refractivity contribution in [2.75, 3.05) is 37.6 Å². The first-order valence-electron chi connectivity index (χ1n) is 13.7. The predicted octanol–water partition coefficient (Wildman–Crippen LogP) is 3.86. The van der Waals surface area contributed by atoms with Crippen LogP contribution in [0.3, 0.4) is 0 Å². The maximum Gasteiger partial charge on any atom is 0.272 e. The monoisotopic (exact) mass is 506 g/mol. The molecule has 4 fully saturated rings. The van der Waals surface area contributed by atoms with Crippen molar-refractivity contribution in [1.29, 1.82) is 0 Å². The molecule has 196 valence electrons. The van der Waals surface area contributed by atoms with E-state index in [0.717, 1.165) is 82.1 Å². The number of carbonyl (C=O) groups excluding carboxylic acids is 2. The van der Waals surface area contributed by atoms with E-state index in [0.29, 0.717) is 24.5 Å². The zero-order valence-electron chi connectivity index (χ0n) is 21.2. The first-order valence-corrected chi connectivity index (χ1v) is 13.7. The molecule has 0 bridgehead atoms. The van der Waals surface area contributed by atoms with Gasteiger partial charge in [-0.25, -0.2) is 4.39 Å². The highest BCUT2D eigenvalue weighted by molar-refractivity contribution is 5.93. The largest absolute Gasteiger partial charge is 0.393 e. The third kappa shape index (κ3) is 4.49. The van der Waals surface area contributed by atoms with E-state index in [1.54, 1.807) is 23.2 Å². The zero-order valence-corrected chi connectivity index (χ0v) is 21.2. The highest BCUT2D eigenvalue weighted by Gasteiger charge is 2.50. The number of likely N-dealkylation sites (tertiary alicyclic amines) is 2. The molecule has 1 aromatic carbocycles. The highest BCUT2D eigenvalue weighted by atomic mass is 19.1. The van der Waals surface area contributed by atoms with E-state index < -0.39 is 0 Å². The minimum Gasteiger partial charge on any atom is -0.393 e. The fourth-order valence-electron chi connectivity index (χ4n) is 6.51. The van der Waals surface area contributed by atoms with Crippen molar-refractivity contribution in [3.63, 3.8) is 0 Å². The van der Waals surface area contributed by atoms with Gasteiger partial charge in [-0.1, -0.05) is 12.1 Å². The van der Waals surface area contributed by atoms with Gasteiger partial charge in [0, 0.05) is 50.5 Å². The van der Waals surface area contributed by atoms with Crippen LogP contribution in [0.15, 0.2) is 36.5 Å². The van der Waals surface area contributed by atoms with E-state index in [4.69, 9.17) is 0 Å². The molecule has 2 aromatic rings. The van der Waals surface area contributed by atoms with Crippen LogP contribution in [0.1, 0.15) is 61.9 Å². The Bertz CT molecular complexity index is 1170. The maximum absolute atomic E-state index is 15.0. The number of benzene rings is 1. The molecule has 3 aliphatic heterocycles. The summed E-state index contributed by atoms with van der Waals surface area (Å²) >= 11 is 0. The van der Waals surface area contributed by atoms with E-state index in [9.17, 15) is 19.1 Å². The molecule has 0 unspecified atom stereocenters. The van der Waals surface area contributed by atoms with Crippen LogP contribution >= 0.6 is 0 Å². The summed E-state index contributed by atoms with van der Waals surface area (Å²) in [6.45, 7) is 3.66. The quantitative estimate of drug-likeness (QED) is 0.682. The Labute approximate surface area is 217 Å². The normalized spacial score (nSPS) is 25.5. The molecule has 6 rings (SSSR count). The van der Waals surface area contributed by atoms with E-state index in [2.05, 4.69) is 14.8 Å². The number of halogens is 1. The van der Waals surface area contributed by atoms with Crippen LogP contribution in [-0.4, -0.2) is 76.6 Å². The van der Waals surface area contributed by atoms with Crippen molar-refractivity contribution in [2.24, 2.45) is 5.41 Å². The Hall–Kier alpha value is -3.00. The topological polar surface area (TPSA) is 77.0 Å². The smallest absolute Gasteiger partial charge is 0.272 e. The van der Waals surface area contributed by atoms with E-state index in [1.165, 1.54) is 6.07 Å². The van der Waals surface area contributed by atoms with E-state index >= 15 is 0 Å². The molecule has 1 N–H and O–H groups in total. The number of piperidine rings is 1. The van der Waals surface area contributed by atoms with Crippen molar-refractivity contribution >= 4 is 17.5 Å². The fraction of sp³-hybridized carbons (Fsp3) is 0.552. The van der Waals surface area contributed by atoms with Crippen molar-refractivity contribution in [3.05, 3.63) is 48.0 Å². The van der Waals surface area contributed by atoms with Gasteiger partial charge in [-0.05, 0) is 75.1 Å². The van der Waals surface area contributed by atoms with Gasteiger partial charge in [-0.2, -0.15) is 0 Å². The van der Waals surface area contributed by atoms with Crippen LogP contribution < -0.4 is 4.90 Å². The van der Waals surface area contributed by atoms with Crippen LogP contribution in [-0.2, 0) is 4.79 Å². The molecule has 1 spiro atoms. The molecule has 3 saturated heterocycles. The molecule has 4 aliphatic rings. The number of nitrogens with zero attached hydrogens (tertiary/aromatic N) is 4. The highest BCUT2D eigenvalue weighted by Crippen LogP contribution is 2.45. The Balaban J connectivity index is 1.13. The summed E-state index contributed by atoms with van der Waals surface area (Å²) in [7, 11) is 0. The molecule has 2 amide bonds. The average Bonchev–Trinajstić information content (AvgIpc) is 3.20. The van der Waals surface area contributed by atoms with E-state index in [1.807, 2.05) is 12.1 Å². The number of pyridine rings is 1. The SMILES string of the molecule is O=C(c1ccc(-c2ccc(F)c(N3CCC4(CC3)CCN([C@H]3CC[C@@H](O)CC3)C4=O)c2)cn1)N1CCC1. The maximum atomic E-state index is 15.0. The molecule has 4 heterocycles.